The van der Waals surface area contributed by atoms with Crippen LogP contribution in [0.3, 0.4) is 0 Å². The number of aromatic nitrogens is 1. The van der Waals surface area contributed by atoms with Crippen molar-refractivity contribution in [2.75, 3.05) is 11.9 Å². The van der Waals surface area contributed by atoms with E-state index >= 15 is 0 Å². The number of nitrogens with zero attached hydrogens (tertiary/aromatic N) is 1. The predicted octanol–water partition coefficient (Wildman–Crippen LogP) is 4.15. The molecule has 0 aliphatic heterocycles. The van der Waals surface area contributed by atoms with Gasteiger partial charge in [0.15, 0.2) is 0 Å². The number of rotatable bonds is 4. The first kappa shape index (κ1) is 11.3. The molecule has 2 heteroatoms. The van der Waals surface area contributed by atoms with E-state index in [0.717, 1.165) is 24.3 Å². The summed E-state index contributed by atoms with van der Waals surface area (Å²) in [6.45, 7) is 0.983. The summed E-state index contributed by atoms with van der Waals surface area (Å²) in [6.07, 6.45) is 7.42. The van der Waals surface area contributed by atoms with Gasteiger partial charge < -0.3 is 5.32 Å². The van der Waals surface area contributed by atoms with E-state index in [4.69, 9.17) is 0 Å². The smallest absolute Gasteiger partial charge is 0.126 e. The highest BCUT2D eigenvalue weighted by Crippen LogP contribution is 2.20. The van der Waals surface area contributed by atoms with Crippen LogP contribution in [0.25, 0.3) is 10.9 Å². The number of nitrogens with one attached hydrogen (secondary N) is 1. The Kier molecular flexibility index (Phi) is 3.26. The molecular weight excluding hydrogens is 220 g/mol. The highest BCUT2D eigenvalue weighted by Gasteiger charge is 2.04. The normalized spacial score (nSPS) is 14.8. The maximum atomic E-state index is 4.61. The first-order chi connectivity index (χ1) is 8.92. The van der Waals surface area contributed by atoms with Gasteiger partial charge in [0.2, 0.25) is 0 Å². The number of benzene rings is 1. The SMILES string of the molecule is C1=C(CCNc2ccc3ccccc3n2)CCC1. The van der Waals surface area contributed by atoms with Crippen molar-refractivity contribution in [3.63, 3.8) is 0 Å². The van der Waals surface area contributed by atoms with E-state index in [9.17, 15) is 0 Å². The van der Waals surface area contributed by atoms with Crippen molar-refractivity contribution in [3.05, 3.63) is 48.0 Å². The molecule has 2 aromatic rings. The molecule has 1 aromatic carbocycles. The third-order valence-corrected chi connectivity index (χ3v) is 3.49. The van der Waals surface area contributed by atoms with Crippen LogP contribution in [0.15, 0.2) is 48.0 Å². The maximum absolute atomic E-state index is 4.61. The Hall–Kier alpha value is -1.83. The summed E-state index contributed by atoms with van der Waals surface area (Å²) in [7, 11) is 0. The van der Waals surface area contributed by atoms with E-state index < -0.39 is 0 Å². The molecule has 0 amide bonds. The summed E-state index contributed by atoms with van der Waals surface area (Å²) in [5, 5.41) is 4.61. The molecule has 0 saturated heterocycles. The fourth-order valence-electron chi connectivity index (χ4n) is 2.48. The molecule has 0 spiro atoms. The van der Waals surface area contributed by atoms with Crippen LogP contribution in [0.1, 0.15) is 25.7 Å². The lowest BCUT2D eigenvalue weighted by Gasteiger charge is -2.07. The number of hydrogen-bond donors (Lipinski definition) is 1. The summed E-state index contributed by atoms with van der Waals surface area (Å²) in [5.41, 5.74) is 2.66. The Labute approximate surface area is 108 Å². The molecule has 18 heavy (non-hydrogen) atoms. The minimum absolute atomic E-state index is 0.979. The number of anilines is 1. The lowest BCUT2D eigenvalue weighted by molar-refractivity contribution is 0.862. The lowest BCUT2D eigenvalue weighted by Crippen LogP contribution is -2.03. The molecule has 0 atom stereocenters. The zero-order chi connectivity index (χ0) is 12.2. The molecule has 3 rings (SSSR count). The van der Waals surface area contributed by atoms with Crippen molar-refractivity contribution in [1.29, 1.82) is 0 Å². The van der Waals surface area contributed by atoms with Crippen LogP contribution in [0, 0.1) is 0 Å². The van der Waals surface area contributed by atoms with Gasteiger partial charge in [0.25, 0.3) is 0 Å². The van der Waals surface area contributed by atoms with E-state index in [1.165, 1.54) is 24.6 Å². The number of pyridine rings is 1. The molecule has 0 bridgehead atoms. The average molecular weight is 238 g/mol. The zero-order valence-corrected chi connectivity index (χ0v) is 10.5. The fraction of sp³-hybridized carbons (Fsp3) is 0.312. The minimum Gasteiger partial charge on any atom is -0.370 e. The summed E-state index contributed by atoms with van der Waals surface area (Å²) < 4.78 is 0. The van der Waals surface area contributed by atoms with Crippen LogP contribution in [-0.2, 0) is 0 Å². The Morgan fingerprint density at radius 3 is 2.94 bits per heavy atom. The summed E-state index contributed by atoms with van der Waals surface area (Å²) >= 11 is 0. The molecule has 1 aliphatic rings. The predicted molar refractivity (Wildman–Crippen MR) is 76.8 cm³/mol. The first-order valence-corrected chi connectivity index (χ1v) is 6.69. The number of fused-ring (bicyclic) bond motifs is 1. The molecule has 0 saturated carbocycles. The van der Waals surface area contributed by atoms with Gasteiger partial charge in [-0.15, -0.1) is 0 Å². The van der Waals surface area contributed by atoms with Gasteiger partial charge in [0.05, 0.1) is 5.52 Å². The second-order valence-corrected chi connectivity index (χ2v) is 4.82. The highest BCUT2D eigenvalue weighted by atomic mass is 15.0. The zero-order valence-electron chi connectivity index (χ0n) is 10.5. The van der Waals surface area contributed by atoms with Crippen molar-refractivity contribution in [3.8, 4) is 0 Å². The second-order valence-electron chi connectivity index (χ2n) is 4.82. The Morgan fingerprint density at radius 1 is 1.11 bits per heavy atom. The lowest BCUT2D eigenvalue weighted by atomic mass is 10.1. The minimum atomic E-state index is 0.979. The standard InChI is InChI=1S/C16H18N2/c1-2-6-13(5-1)11-12-17-16-10-9-14-7-3-4-8-15(14)18-16/h3-5,7-10H,1-2,6,11-12H2,(H,17,18). The Morgan fingerprint density at radius 2 is 2.06 bits per heavy atom. The molecule has 92 valence electrons. The molecule has 0 unspecified atom stereocenters. The van der Waals surface area contributed by atoms with Gasteiger partial charge in [-0.2, -0.15) is 0 Å². The van der Waals surface area contributed by atoms with Crippen molar-refractivity contribution in [2.24, 2.45) is 0 Å². The van der Waals surface area contributed by atoms with E-state index in [-0.39, 0.29) is 0 Å². The summed E-state index contributed by atoms with van der Waals surface area (Å²) in [5.74, 6) is 0.979. The Balaban J connectivity index is 1.63. The summed E-state index contributed by atoms with van der Waals surface area (Å²) in [4.78, 5) is 4.61. The molecule has 1 heterocycles. The van der Waals surface area contributed by atoms with E-state index in [1.807, 2.05) is 12.1 Å². The third kappa shape index (κ3) is 2.53. The molecule has 0 fully saturated rings. The highest BCUT2D eigenvalue weighted by molar-refractivity contribution is 5.79. The second kappa shape index (κ2) is 5.21. The van der Waals surface area contributed by atoms with Gasteiger partial charge in [-0.1, -0.05) is 29.8 Å². The van der Waals surface area contributed by atoms with Gasteiger partial charge in [-0.05, 0) is 43.9 Å². The maximum Gasteiger partial charge on any atom is 0.126 e. The Bertz CT molecular complexity index is 572. The van der Waals surface area contributed by atoms with Crippen molar-refractivity contribution < 1.29 is 0 Å². The van der Waals surface area contributed by atoms with Gasteiger partial charge >= 0.3 is 0 Å². The van der Waals surface area contributed by atoms with Crippen molar-refractivity contribution in [1.82, 2.24) is 4.98 Å². The molecule has 1 aromatic heterocycles. The molecule has 0 radical (unpaired) electrons. The number of hydrogen-bond acceptors (Lipinski definition) is 2. The fourth-order valence-corrected chi connectivity index (χ4v) is 2.48. The van der Waals surface area contributed by atoms with Crippen molar-refractivity contribution >= 4 is 16.7 Å². The van der Waals surface area contributed by atoms with Crippen LogP contribution in [0.2, 0.25) is 0 Å². The summed E-state index contributed by atoms with van der Waals surface area (Å²) in [6, 6.07) is 12.4. The van der Waals surface area contributed by atoms with Crippen LogP contribution in [-0.4, -0.2) is 11.5 Å². The first-order valence-electron chi connectivity index (χ1n) is 6.69. The van der Waals surface area contributed by atoms with Crippen molar-refractivity contribution in [2.45, 2.75) is 25.7 Å². The number of allylic oxidation sites excluding steroid dienone is 1. The van der Waals surface area contributed by atoms with Crippen LogP contribution in [0.4, 0.5) is 5.82 Å². The molecular formula is C16H18N2. The molecule has 1 N–H and O–H groups in total. The molecule has 1 aliphatic carbocycles. The number of para-hydroxylation sites is 1. The van der Waals surface area contributed by atoms with Crippen LogP contribution >= 0.6 is 0 Å². The monoisotopic (exact) mass is 238 g/mol. The van der Waals surface area contributed by atoms with E-state index in [1.54, 1.807) is 5.57 Å². The van der Waals surface area contributed by atoms with E-state index in [0.29, 0.717) is 0 Å². The average Bonchev–Trinajstić information content (AvgIpc) is 2.92. The topological polar surface area (TPSA) is 24.9 Å². The van der Waals surface area contributed by atoms with Crippen LogP contribution in [0.5, 0.6) is 0 Å². The van der Waals surface area contributed by atoms with Gasteiger partial charge in [-0.3, -0.25) is 0 Å². The van der Waals surface area contributed by atoms with Gasteiger partial charge in [0, 0.05) is 11.9 Å². The van der Waals surface area contributed by atoms with E-state index in [2.05, 4.69) is 40.6 Å². The quantitative estimate of drug-likeness (QED) is 0.809. The third-order valence-electron chi connectivity index (χ3n) is 3.49. The molecule has 2 nitrogen and oxygen atoms in total. The largest absolute Gasteiger partial charge is 0.370 e. The van der Waals surface area contributed by atoms with Gasteiger partial charge in [0.1, 0.15) is 5.82 Å². The van der Waals surface area contributed by atoms with Gasteiger partial charge in [-0.25, -0.2) is 4.98 Å². The van der Waals surface area contributed by atoms with Crippen LogP contribution < -0.4 is 5.32 Å².